The Bertz CT molecular complexity index is 1160. The second-order valence-corrected chi connectivity index (χ2v) is 9.98. The first-order valence-corrected chi connectivity index (χ1v) is 12.3. The van der Waals surface area contributed by atoms with Crippen LogP contribution in [-0.4, -0.2) is 35.7 Å². The van der Waals surface area contributed by atoms with Crippen LogP contribution >= 0.6 is 0 Å². The zero-order valence-electron chi connectivity index (χ0n) is 19.7. The Labute approximate surface area is 190 Å². The van der Waals surface area contributed by atoms with Crippen molar-refractivity contribution in [3.63, 3.8) is 0 Å². The molecule has 0 atom stereocenters. The van der Waals surface area contributed by atoms with Crippen LogP contribution in [0.15, 0.2) is 35.3 Å². The Morgan fingerprint density at radius 2 is 1.78 bits per heavy atom. The summed E-state index contributed by atoms with van der Waals surface area (Å²) in [5.41, 5.74) is 7.22. The maximum atomic E-state index is 13.0. The molecule has 170 valence electrons. The van der Waals surface area contributed by atoms with Crippen LogP contribution in [0.1, 0.15) is 68.9 Å². The molecular weight excluding hydrogens is 396 g/mol. The molecule has 3 aromatic rings. The van der Waals surface area contributed by atoms with Gasteiger partial charge in [-0.15, -0.1) is 0 Å². The number of fused-ring (bicyclic) bond motifs is 1. The summed E-state index contributed by atoms with van der Waals surface area (Å²) in [5.74, 6) is 1.03. The molecule has 0 spiro atoms. The van der Waals surface area contributed by atoms with Crippen molar-refractivity contribution in [2.75, 3.05) is 31.1 Å². The van der Waals surface area contributed by atoms with Gasteiger partial charge in [0.2, 0.25) is 0 Å². The number of hydrogen-bond acceptors (Lipinski definition) is 3. The standard InChI is InChI=1S/C27H36N4O/c1-18(2)25-22-15-20(19-9-11-28-12-10-19)7-8-23(22)29-26(25)21-16-24(27(32)30(3)17-21)31-13-5-4-6-14-31/h7-8,15-19,28-29H,4-6,9-14H2,1-3H3. The summed E-state index contributed by atoms with van der Waals surface area (Å²) in [4.78, 5) is 19.0. The van der Waals surface area contributed by atoms with E-state index in [1.54, 1.807) is 4.57 Å². The molecule has 0 unspecified atom stereocenters. The first-order valence-electron chi connectivity index (χ1n) is 12.3. The molecule has 0 saturated carbocycles. The van der Waals surface area contributed by atoms with Crippen molar-refractivity contribution in [1.29, 1.82) is 0 Å². The van der Waals surface area contributed by atoms with Gasteiger partial charge in [0.1, 0.15) is 5.69 Å². The molecule has 4 heterocycles. The van der Waals surface area contributed by atoms with Crippen molar-refractivity contribution >= 4 is 16.6 Å². The minimum atomic E-state index is 0.103. The van der Waals surface area contributed by atoms with Crippen LogP contribution in [0, 0.1) is 0 Å². The van der Waals surface area contributed by atoms with E-state index in [1.165, 1.54) is 41.3 Å². The molecule has 2 N–H and O–H groups in total. The molecule has 32 heavy (non-hydrogen) atoms. The fourth-order valence-electron chi connectivity index (χ4n) is 5.66. The number of piperidine rings is 2. The van der Waals surface area contributed by atoms with E-state index in [4.69, 9.17) is 0 Å². The molecule has 5 rings (SSSR count). The van der Waals surface area contributed by atoms with Crippen molar-refractivity contribution < 1.29 is 0 Å². The number of aromatic nitrogens is 2. The first kappa shape index (κ1) is 21.3. The Morgan fingerprint density at radius 1 is 1.03 bits per heavy atom. The zero-order valence-corrected chi connectivity index (χ0v) is 19.7. The van der Waals surface area contributed by atoms with Gasteiger partial charge in [0.05, 0.1) is 5.69 Å². The van der Waals surface area contributed by atoms with E-state index >= 15 is 0 Å². The highest BCUT2D eigenvalue weighted by atomic mass is 16.1. The van der Waals surface area contributed by atoms with Crippen molar-refractivity contribution in [3.8, 4) is 11.3 Å². The number of benzene rings is 1. The van der Waals surface area contributed by atoms with Gasteiger partial charge in [0.25, 0.3) is 5.56 Å². The van der Waals surface area contributed by atoms with E-state index in [0.717, 1.165) is 56.0 Å². The van der Waals surface area contributed by atoms with Crippen LogP contribution in [0.5, 0.6) is 0 Å². The van der Waals surface area contributed by atoms with E-state index in [0.29, 0.717) is 11.8 Å². The molecule has 0 radical (unpaired) electrons. The van der Waals surface area contributed by atoms with E-state index in [2.05, 4.69) is 53.3 Å². The molecule has 2 aliphatic heterocycles. The first-order chi connectivity index (χ1) is 15.5. The maximum absolute atomic E-state index is 13.0. The molecular formula is C27H36N4O. The molecule has 5 nitrogen and oxygen atoms in total. The number of rotatable bonds is 4. The van der Waals surface area contributed by atoms with Gasteiger partial charge in [-0.2, -0.15) is 0 Å². The fraction of sp³-hybridized carbons (Fsp3) is 0.519. The van der Waals surface area contributed by atoms with Gasteiger partial charge in [0, 0.05) is 42.8 Å². The van der Waals surface area contributed by atoms with Gasteiger partial charge >= 0.3 is 0 Å². The lowest BCUT2D eigenvalue weighted by Gasteiger charge is -2.28. The van der Waals surface area contributed by atoms with Crippen LogP contribution in [0.2, 0.25) is 0 Å². The number of aromatic amines is 1. The molecule has 1 aromatic carbocycles. The smallest absolute Gasteiger partial charge is 0.273 e. The second-order valence-electron chi connectivity index (χ2n) is 9.98. The van der Waals surface area contributed by atoms with Gasteiger partial charge < -0.3 is 19.8 Å². The third-order valence-corrected chi connectivity index (χ3v) is 7.40. The summed E-state index contributed by atoms with van der Waals surface area (Å²) in [6, 6.07) is 9.12. The van der Waals surface area contributed by atoms with Gasteiger partial charge in [-0.05, 0) is 86.4 Å². The van der Waals surface area contributed by atoms with E-state index in [9.17, 15) is 4.79 Å². The zero-order chi connectivity index (χ0) is 22.2. The minimum absolute atomic E-state index is 0.103. The highest BCUT2D eigenvalue weighted by Gasteiger charge is 2.22. The summed E-state index contributed by atoms with van der Waals surface area (Å²) in [7, 11) is 1.88. The molecule has 2 saturated heterocycles. The number of pyridine rings is 1. The molecule has 0 bridgehead atoms. The lowest BCUT2D eigenvalue weighted by Crippen LogP contribution is -2.35. The Balaban J connectivity index is 1.62. The van der Waals surface area contributed by atoms with E-state index in [1.807, 2.05) is 13.2 Å². The van der Waals surface area contributed by atoms with Crippen LogP contribution in [0.4, 0.5) is 5.69 Å². The summed E-state index contributed by atoms with van der Waals surface area (Å²) < 4.78 is 1.76. The number of nitrogens with one attached hydrogen (secondary N) is 2. The average Bonchev–Trinajstić information content (AvgIpc) is 3.21. The van der Waals surface area contributed by atoms with Gasteiger partial charge in [-0.3, -0.25) is 4.79 Å². The maximum Gasteiger partial charge on any atom is 0.273 e. The topological polar surface area (TPSA) is 53.1 Å². The fourth-order valence-corrected chi connectivity index (χ4v) is 5.66. The van der Waals surface area contributed by atoms with Gasteiger partial charge in [-0.25, -0.2) is 0 Å². The van der Waals surface area contributed by atoms with Crippen molar-refractivity contribution in [2.45, 2.75) is 57.8 Å². The molecule has 0 amide bonds. The molecule has 0 aliphatic carbocycles. The Morgan fingerprint density at radius 3 is 2.50 bits per heavy atom. The summed E-state index contributed by atoms with van der Waals surface area (Å²) in [6.45, 7) is 8.71. The highest BCUT2D eigenvalue weighted by molar-refractivity contribution is 5.92. The lowest BCUT2D eigenvalue weighted by atomic mass is 9.88. The number of H-pyrrole nitrogens is 1. The largest absolute Gasteiger partial charge is 0.367 e. The van der Waals surface area contributed by atoms with Crippen molar-refractivity contribution in [3.05, 3.63) is 51.9 Å². The minimum Gasteiger partial charge on any atom is -0.367 e. The Hall–Kier alpha value is -2.53. The van der Waals surface area contributed by atoms with Crippen molar-refractivity contribution in [1.82, 2.24) is 14.9 Å². The number of hydrogen-bond donors (Lipinski definition) is 2. The predicted octanol–water partition coefficient (Wildman–Crippen LogP) is 5.11. The van der Waals surface area contributed by atoms with Crippen LogP contribution in [0.3, 0.4) is 0 Å². The van der Waals surface area contributed by atoms with E-state index in [-0.39, 0.29) is 5.56 Å². The number of aryl methyl sites for hydroxylation is 1. The predicted molar refractivity (Wildman–Crippen MR) is 134 cm³/mol. The third-order valence-electron chi connectivity index (χ3n) is 7.40. The number of anilines is 1. The summed E-state index contributed by atoms with van der Waals surface area (Å²) >= 11 is 0. The SMILES string of the molecule is CC(C)c1c(-c2cc(N3CCCCC3)c(=O)n(C)c2)[nH]c2ccc(C3CCNCC3)cc12. The van der Waals surface area contributed by atoms with Crippen LogP contribution < -0.4 is 15.8 Å². The molecule has 2 aromatic heterocycles. The molecule has 2 aliphatic rings. The summed E-state index contributed by atoms with van der Waals surface area (Å²) in [5, 5.41) is 4.81. The Kier molecular flexibility index (Phi) is 5.85. The average molecular weight is 433 g/mol. The van der Waals surface area contributed by atoms with Crippen LogP contribution in [0.25, 0.3) is 22.2 Å². The van der Waals surface area contributed by atoms with Crippen molar-refractivity contribution in [2.24, 2.45) is 7.05 Å². The molecule has 5 heteroatoms. The third kappa shape index (κ3) is 3.88. The second kappa shape index (κ2) is 8.78. The molecule has 2 fully saturated rings. The highest BCUT2D eigenvalue weighted by Crippen LogP contribution is 2.38. The van der Waals surface area contributed by atoms with Gasteiger partial charge in [0.15, 0.2) is 0 Å². The van der Waals surface area contributed by atoms with E-state index < -0.39 is 0 Å². The summed E-state index contributed by atoms with van der Waals surface area (Å²) in [6.07, 6.45) is 8.00. The normalized spacial score (nSPS) is 18.1. The lowest BCUT2D eigenvalue weighted by molar-refractivity contribution is 0.460. The number of nitrogens with zero attached hydrogens (tertiary/aromatic N) is 2. The van der Waals surface area contributed by atoms with Gasteiger partial charge in [-0.1, -0.05) is 19.9 Å². The monoisotopic (exact) mass is 432 g/mol. The quantitative estimate of drug-likeness (QED) is 0.602. The van der Waals surface area contributed by atoms with Crippen LogP contribution in [-0.2, 0) is 7.05 Å².